The predicted molar refractivity (Wildman–Crippen MR) is 97.0 cm³/mol. The van der Waals surface area contributed by atoms with E-state index in [1.54, 1.807) is 0 Å². The third kappa shape index (κ3) is 12.2. The van der Waals surface area contributed by atoms with E-state index in [-0.39, 0.29) is 0 Å². The molecule has 2 nitrogen and oxygen atoms in total. The molecule has 0 amide bonds. The summed E-state index contributed by atoms with van der Waals surface area (Å²) in [4.78, 5) is 2.67. The Morgan fingerprint density at radius 2 is 1.48 bits per heavy atom. The van der Waals surface area contributed by atoms with Crippen LogP contribution in [0.4, 0.5) is 0 Å². The molecule has 21 heavy (non-hydrogen) atoms. The first kappa shape index (κ1) is 20.9. The van der Waals surface area contributed by atoms with Crippen molar-refractivity contribution in [2.75, 3.05) is 26.2 Å². The lowest BCUT2D eigenvalue weighted by atomic mass is 10.0. The summed E-state index contributed by atoms with van der Waals surface area (Å²) in [6.07, 6.45) is 8.21. The molecule has 0 atom stereocenters. The highest BCUT2D eigenvalue weighted by Crippen LogP contribution is 2.13. The summed E-state index contributed by atoms with van der Waals surface area (Å²) in [5, 5.41) is 3.73. The van der Waals surface area contributed by atoms with Crippen LogP contribution in [0.2, 0.25) is 0 Å². The molecule has 2 heteroatoms. The van der Waals surface area contributed by atoms with Crippen molar-refractivity contribution in [2.45, 2.75) is 86.1 Å². The zero-order valence-electron chi connectivity index (χ0n) is 15.8. The van der Waals surface area contributed by atoms with Gasteiger partial charge in [0.05, 0.1) is 0 Å². The van der Waals surface area contributed by atoms with E-state index in [9.17, 15) is 0 Å². The van der Waals surface area contributed by atoms with Gasteiger partial charge in [0.25, 0.3) is 0 Å². The number of hydrogen-bond donors (Lipinski definition) is 1. The Labute approximate surface area is 135 Å². The lowest BCUT2D eigenvalue weighted by molar-refractivity contribution is 0.193. The molecule has 1 saturated heterocycles. The van der Waals surface area contributed by atoms with Crippen molar-refractivity contribution in [2.24, 2.45) is 11.8 Å². The molecular weight excluding hydrogens is 256 g/mol. The Morgan fingerprint density at radius 3 is 2.00 bits per heavy atom. The van der Waals surface area contributed by atoms with Gasteiger partial charge in [-0.05, 0) is 63.7 Å². The largest absolute Gasteiger partial charge is 0.314 e. The van der Waals surface area contributed by atoms with Crippen LogP contribution in [0.3, 0.4) is 0 Å². The van der Waals surface area contributed by atoms with Gasteiger partial charge in [-0.15, -0.1) is 0 Å². The van der Waals surface area contributed by atoms with Gasteiger partial charge in [0, 0.05) is 6.04 Å². The molecule has 0 aromatic carbocycles. The van der Waals surface area contributed by atoms with Crippen LogP contribution in [0.15, 0.2) is 0 Å². The minimum atomic E-state index is 0.783. The van der Waals surface area contributed by atoms with Crippen LogP contribution in [0.5, 0.6) is 0 Å². The monoisotopic (exact) mass is 298 g/mol. The topological polar surface area (TPSA) is 15.3 Å². The number of rotatable bonds is 9. The molecule has 1 aliphatic rings. The number of unbranched alkanes of at least 4 members (excludes halogenated alkanes) is 1. The standard InChI is InChI=1S/C17H36N2.C2H6/c1-15(2)7-5-6-12-19-13-9-17(10-14-19)18-11-8-16(3)4;1-2/h15-18H,5-14H2,1-4H3;1-2H3. The van der Waals surface area contributed by atoms with Gasteiger partial charge >= 0.3 is 0 Å². The van der Waals surface area contributed by atoms with Crippen LogP contribution in [0.25, 0.3) is 0 Å². The number of hydrogen-bond acceptors (Lipinski definition) is 2. The second-order valence-electron chi connectivity index (χ2n) is 7.14. The number of nitrogens with zero attached hydrogens (tertiary/aromatic N) is 1. The quantitative estimate of drug-likeness (QED) is 0.607. The summed E-state index contributed by atoms with van der Waals surface area (Å²) in [6.45, 7) is 18.4. The van der Waals surface area contributed by atoms with Crippen LogP contribution in [-0.2, 0) is 0 Å². The summed E-state index contributed by atoms with van der Waals surface area (Å²) in [5.41, 5.74) is 0. The van der Waals surface area contributed by atoms with Crippen molar-refractivity contribution in [1.82, 2.24) is 10.2 Å². The normalized spacial score (nSPS) is 17.1. The second-order valence-corrected chi connectivity index (χ2v) is 7.14. The molecule has 0 saturated carbocycles. The molecular formula is C19H42N2. The van der Waals surface area contributed by atoms with Crippen LogP contribution >= 0.6 is 0 Å². The molecule has 0 spiro atoms. The molecule has 0 unspecified atom stereocenters. The van der Waals surface area contributed by atoms with Crippen molar-refractivity contribution in [3.63, 3.8) is 0 Å². The first-order valence-corrected chi connectivity index (χ1v) is 9.53. The van der Waals surface area contributed by atoms with Gasteiger partial charge in [-0.2, -0.15) is 0 Å². The third-order valence-corrected chi connectivity index (χ3v) is 4.25. The number of nitrogens with one attached hydrogen (secondary N) is 1. The van der Waals surface area contributed by atoms with Crippen LogP contribution in [-0.4, -0.2) is 37.1 Å². The summed E-state index contributed by atoms with van der Waals surface area (Å²) in [6, 6.07) is 0.783. The van der Waals surface area contributed by atoms with Gasteiger partial charge in [-0.3, -0.25) is 0 Å². The molecule has 0 aliphatic carbocycles. The van der Waals surface area contributed by atoms with E-state index in [1.807, 2.05) is 13.8 Å². The SMILES string of the molecule is CC.CC(C)CCCCN1CCC(NCCC(C)C)CC1. The molecule has 1 rings (SSSR count). The van der Waals surface area contributed by atoms with E-state index in [1.165, 1.54) is 64.7 Å². The molecule has 1 heterocycles. The zero-order valence-corrected chi connectivity index (χ0v) is 15.8. The average Bonchev–Trinajstić information content (AvgIpc) is 2.47. The van der Waals surface area contributed by atoms with E-state index in [0.29, 0.717) is 0 Å². The molecule has 1 N–H and O–H groups in total. The highest BCUT2D eigenvalue weighted by atomic mass is 15.1. The fourth-order valence-corrected chi connectivity index (χ4v) is 2.82. The summed E-state index contributed by atoms with van der Waals surface area (Å²) in [5.74, 6) is 1.70. The van der Waals surface area contributed by atoms with Crippen molar-refractivity contribution in [1.29, 1.82) is 0 Å². The Kier molecular flexibility index (Phi) is 13.5. The minimum Gasteiger partial charge on any atom is -0.314 e. The third-order valence-electron chi connectivity index (χ3n) is 4.25. The van der Waals surface area contributed by atoms with Gasteiger partial charge in [-0.25, -0.2) is 0 Å². The fraction of sp³-hybridized carbons (Fsp3) is 1.00. The van der Waals surface area contributed by atoms with Crippen molar-refractivity contribution >= 4 is 0 Å². The zero-order chi connectivity index (χ0) is 16.1. The molecule has 0 aromatic heterocycles. The Morgan fingerprint density at radius 1 is 0.905 bits per heavy atom. The molecule has 1 fully saturated rings. The van der Waals surface area contributed by atoms with Gasteiger partial charge < -0.3 is 10.2 Å². The van der Waals surface area contributed by atoms with E-state index in [2.05, 4.69) is 37.9 Å². The Bertz CT molecular complexity index is 206. The molecule has 0 aromatic rings. The van der Waals surface area contributed by atoms with Crippen LogP contribution < -0.4 is 5.32 Å². The van der Waals surface area contributed by atoms with Crippen molar-refractivity contribution in [3.05, 3.63) is 0 Å². The van der Waals surface area contributed by atoms with Gasteiger partial charge in [0.1, 0.15) is 0 Å². The maximum atomic E-state index is 3.73. The van der Waals surface area contributed by atoms with Gasteiger partial charge in [0.2, 0.25) is 0 Å². The molecule has 1 aliphatic heterocycles. The second kappa shape index (κ2) is 13.6. The first-order valence-electron chi connectivity index (χ1n) is 9.53. The number of likely N-dealkylation sites (tertiary alicyclic amines) is 1. The first-order chi connectivity index (χ1) is 10.1. The summed E-state index contributed by atoms with van der Waals surface area (Å²) in [7, 11) is 0. The summed E-state index contributed by atoms with van der Waals surface area (Å²) >= 11 is 0. The van der Waals surface area contributed by atoms with Gasteiger partial charge in [0.15, 0.2) is 0 Å². The lowest BCUT2D eigenvalue weighted by Crippen LogP contribution is -2.43. The smallest absolute Gasteiger partial charge is 0.00914 e. The lowest BCUT2D eigenvalue weighted by Gasteiger charge is -2.32. The highest BCUT2D eigenvalue weighted by Gasteiger charge is 2.17. The van der Waals surface area contributed by atoms with E-state index >= 15 is 0 Å². The van der Waals surface area contributed by atoms with Crippen LogP contribution in [0, 0.1) is 11.8 Å². The van der Waals surface area contributed by atoms with Crippen molar-refractivity contribution < 1.29 is 0 Å². The molecule has 0 bridgehead atoms. The Balaban J connectivity index is 0.00000191. The molecule has 128 valence electrons. The fourth-order valence-electron chi connectivity index (χ4n) is 2.82. The Hall–Kier alpha value is -0.0800. The summed E-state index contributed by atoms with van der Waals surface area (Å²) < 4.78 is 0. The predicted octanol–water partition coefficient (Wildman–Crippen LogP) is 4.94. The number of piperidine rings is 1. The van der Waals surface area contributed by atoms with E-state index in [4.69, 9.17) is 0 Å². The van der Waals surface area contributed by atoms with Crippen molar-refractivity contribution in [3.8, 4) is 0 Å². The van der Waals surface area contributed by atoms with Gasteiger partial charge in [-0.1, -0.05) is 54.4 Å². The van der Waals surface area contributed by atoms with E-state index < -0.39 is 0 Å². The molecule has 0 radical (unpaired) electrons. The van der Waals surface area contributed by atoms with Crippen LogP contribution in [0.1, 0.15) is 80.1 Å². The maximum absolute atomic E-state index is 3.73. The minimum absolute atomic E-state index is 0.783. The average molecular weight is 299 g/mol. The maximum Gasteiger partial charge on any atom is 0.00914 e. The van der Waals surface area contributed by atoms with E-state index in [0.717, 1.165) is 17.9 Å². The highest BCUT2D eigenvalue weighted by molar-refractivity contribution is 4.77.